The van der Waals surface area contributed by atoms with E-state index in [1.807, 2.05) is 6.20 Å². The molecule has 1 aromatic rings. The van der Waals surface area contributed by atoms with Gasteiger partial charge in [-0.25, -0.2) is 4.68 Å². The van der Waals surface area contributed by atoms with Crippen LogP contribution in [0.15, 0.2) is 6.20 Å². The Hall–Kier alpha value is -0.980. The SMILES string of the molecule is COCC(C)CNCc1cn(CCO)nn1. The molecule has 1 rings (SSSR count). The Morgan fingerprint density at radius 2 is 2.44 bits per heavy atom. The predicted octanol–water partition coefficient (Wildman–Crippen LogP) is -0.357. The van der Waals surface area contributed by atoms with E-state index in [4.69, 9.17) is 9.84 Å². The van der Waals surface area contributed by atoms with Crippen molar-refractivity contribution in [1.82, 2.24) is 20.3 Å². The highest BCUT2D eigenvalue weighted by molar-refractivity contribution is 4.91. The molecule has 0 spiro atoms. The van der Waals surface area contributed by atoms with Crippen molar-refractivity contribution in [2.45, 2.75) is 20.0 Å². The van der Waals surface area contributed by atoms with Crippen LogP contribution in [0, 0.1) is 5.92 Å². The first kappa shape index (κ1) is 13.1. The standard InChI is InChI=1S/C10H20N4O2/c1-9(8-16-2)5-11-6-10-7-14(3-4-15)13-12-10/h7,9,11,15H,3-6,8H2,1-2H3. The Balaban J connectivity index is 2.21. The van der Waals surface area contributed by atoms with Crippen molar-refractivity contribution in [3.8, 4) is 0 Å². The number of hydrogen-bond donors (Lipinski definition) is 2. The summed E-state index contributed by atoms with van der Waals surface area (Å²) in [4.78, 5) is 0. The normalized spacial score (nSPS) is 12.9. The lowest BCUT2D eigenvalue weighted by Crippen LogP contribution is -2.23. The Morgan fingerprint density at radius 1 is 1.62 bits per heavy atom. The maximum absolute atomic E-state index is 8.72. The first-order chi connectivity index (χ1) is 7.76. The van der Waals surface area contributed by atoms with E-state index in [1.165, 1.54) is 0 Å². The van der Waals surface area contributed by atoms with Crippen LogP contribution >= 0.6 is 0 Å². The number of methoxy groups -OCH3 is 1. The maximum atomic E-state index is 8.72. The molecule has 92 valence electrons. The monoisotopic (exact) mass is 228 g/mol. The van der Waals surface area contributed by atoms with Crippen LogP contribution in [-0.2, 0) is 17.8 Å². The molecule has 0 aromatic carbocycles. The molecule has 0 amide bonds. The number of nitrogens with one attached hydrogen (secondary N) is 1. The molecule has 0 radical (unpaired) electrons. The van der Waals surface area contributed by atoms with Crippen LogP contribution in [0.25, 0.3) is 0 Å². The van der Waals surface area contributed by atoms with E-state index >= 15 is 0 Å². The van der Waals surface area contributed by atoms with Gasteiger partial charge in [0.15, 0.2) is 0 Å². The van der Waals surface area contributed by atoms with Crippen LogP contribution < -0.4 is 5.32 Å². The summed E-state index contributed by atoms with van der Waals surface area (Å²) >= 11 is 0. The number of rotatable bonds is 8. The van der Waals surface area contributed by atoms with E-state index in [-0.39, 0.29) is 6.61 Å². The highest BCUT2D eigenvalue weighted by atomic mass is 16.5. The van der Waals surface area contributed by atoms with E-state index in [0.29, 0.717) is 19.0 Å². The third-order valence-electron chi connectivity index (χ3n) is 2.17. The number of aromatic nitrogens is 3. The Morgan fingerprint density at radius 3 is 3.12 bits per heavy atom. The number of nitrogens with zero attached hydrogens (tertiary/aromatic N) is 3. The first-order valence-electron chi connectivity index (χ1n) is 5.45. The van der Waals surface area contributed by atoms with E-state index in [0.717, 1.165) is 18.8 Å². The first-order valence-corrected chi connectivity index (χ1v) is 5.45. The van der Waals surface area contributed by atoms with Gasteiger partial charge in [-0.3, -0.25) is 0 Å². The Bertz CT molecular complexity index is 290. The molecule has 0 fully saturated rings. The van der Waals surface area contributed by atoms with E-state index in [1.54, 1.807) is 11.8 Å². The summed E-state index contributed by atoms with van der Waals surface area (Å²) in [5.74, 6) is 0.484. The summed E-state index contributed by atoms with van der Waals surface area (Å²) in [6.45, 7) is 5.04. The zero-order chi connectivity index (χ0) is 11.8. The van der Waals surface area contributed by atoms with Gasteiger partial charge in [-0.1, -0.05) is 12.1 Å². The van der Waals surface area contributed by atoms with Crippen LogP contribution in [0.3, 0.4) is 0 Å². The van der Waals surface area contributed by atoms with Gasteiger partial charge < -0.3 is 15.2 Å². The smallest absolute Gasteiger partial charge is 0.0964 e. The minimum absolute atomic E-state index is 0.0844. The highest BCUT2D eigenvalue weighted by Gasteiger charge is 2.03. The summed E-state index contributed by atoms with van der Waals surface area (Å²) < 4.78 is 6.68. The molecule has 1 atom stereocenters. The number of hydrogen-bond acceptors (Lipinski definition) is 5. The Labute approximate surface area is 95.6 Å². The van der Waals surface area contributed by atoms with Gasteiger partial charge in [0.25, 0.3) is 0 Å². The molecular weight excluding hydrogens is 208 g/mol. The molecule has 1 unspecified atom stereocenters. The van der Waals surface area contributed by atoms with Crippen molar-refractivity contribution >= 4 is 0 Å². The Kier molecular flexibility index (Phi) is 5.99. The zero-order valence-corrected chi connectivity index (χ0v) is 9.89. The molecule has 1 aromatic heterocycles. The van der Waals surface area contributed by atoms with E-state index in [9.17, 15) is 0 Å². The van der Waals surface area contributed by atoms with Gasteiger partial charge in [0.05, 0.1) is 18.8 Å². The van der Waals surface area contributed by atoms with Crippen LogP contribution in [0.1, 0.15) is 12.6 Å². The predicted molar refractivity (Wildman–Crippen MR) is 59.9 cm³/mol. The molecule has 0 aliphatic carbocycles. The van der Waals surface area contributed by atoms with Gasteiger partial charge in [0.1, 0.15) is 0 Å². The fraction of sp³-hybridized carbons (Fsp3) is 0.800. The molecule has 6 nitrogen and oxygen atoms in total. The molecule has 0 saturated heterocycles. The van der Waals surface area contributed by atoms with Crippen molar-refractivity contribution in [2.75, 3.05) is 26.9 Å². The number of aliphatic hydroxyl groups is 1. The van der Waals surface area contributed by atoms with Gasteiger partial charge in [0, 0.05) is 33.0 Å². The molecule has 16 heavy (non-hydrogen) atoms. The van der Waals surface area contributed by atoms with Gasteiger partial charge in [-0.2, -0.15) is 0 Å². The van der Waals surface area contributed by atoms with Crippen LogP contribution in [-0.4, -0.2) is 47.0 Å². The molecule has 0 bridgehead atoms. The fourth-order valence-electron chi connectivity index (χ4n) is 1.42. The minimum Gasteiger partial charge on any atom is -0.394 e. The van der Waals surface area contributed by atoms with Crippen molar-refractivity contribution in [2.24, 2.45) is 5.92 Å². The molecule has 1 heterocycles. The maximum Gasteiger partial charge on any atom is 0.0964 e. The molecule has 0 saturated carbocycles. The fourth-order valence-corrected chi connectivity index (χ4v) is 1.42. The largest absolute Gasteiger partial charge is 0.394 e. The van der Waals surface area contributed by atoms with Crippen molar-refractivity contribution in [1.29, 1.82) is 0 Å². The lowest BCUT2D eigenvalue weighted by atomic mass is 10.2. The third-order valence-corrected chi connectivity index (χ3v) is 2.17. The third kappa shape index (κ3) is 4.69. The average molecular weight is 228 g/mol. The molecule has 6 heteroatoms. The second kappa shape index (κ2) is 7.32. The lowest BCUT2D eigenvalue weighted by Gasteiger charge is -2.09. The average Bonchev–Trinajstić information content (AvgIpc) is 2.67. The van der Waals surface area contributed by atoms with Crippen LogP contribution in [0.2, 0.25) is 0 Å². The topological polar surface area (TPSA) is 72.2 Å². The number of ether oxygens (including phenoxy) is 1. The van der Waals surface area contributed by atoms with Crippen molar-refractivity contribution < 1.29 is 9.84 Å². The van der Waals surface area contributed by atoms with E-state index < -0.39 is 0 Å². The van der Waals surface area contributed by atoms with Crippen LogP contribution in [0.5, 0.6) is 0 Å². The summed E-state index contributed by atoms with van der Waals surface area (Å²) in [6, 6.07) is 0. The molecule has 0 aliphatic rings. The summed E-state index contributed by atoms with van der Waals surface area (Å²) in [5.41, 5.74) is 0.887. The molecular formula is C10H20N4O2. The lowest BCUT2D eigenvalue weighted by molar-refractivity contribution is 0.158. The molecule has 2 N–H and O–H groups in total. The van der Waals surface area contributed by atoms with Crippen molar-refractivity contribution in [3.05, 3.63) is 11.9 Å². The minimum atomic E-state index is 0.0844. The second-order valence-corrected chi connectivity index (χ2v) is 3.89. The summed E-state index contributed by atoms with van der Waals surface area (Å²) in [5, 5.41) is 19.9. The summed E-state index contributed by atoms with van der Waals surface area (Å²) in [7, 11) is 1.71. The van der Waals surface area contributed by atoms with Crippen molar-refractivity contribution in [3.63, 3.8) is 0 Å². The van der Waals surface area contributed by atoms with Gasteiger partial charge in [-0.05, 0) is 5.92 Å². The number of aliphatic hydroxyl groups excluding tert-OH is 1. The van der Waals surface area contributed by atoms with Crippen LogP contribution in [0.4, 0.5) is 0 Å². The van der Waals surface area contributed by atoms with E-state index in [2.05, 4.69) is 22.6 Å². The van der Waals surface area contributed by atoms with Gasteiger partial charge in [0.2, 0.25) is 0 Å². The second-order valence-electron chi connectivity index (χ2n) is 3.89. The quantitative estimate of drug-likeness (QED) is 0.636. The van der Waals surface area contributed by atoms with Gasteiger partial charge >= 0.3 is 0 Å². The van der Waals surface area contributed by atoms with Gasteiger partial charge in [-0.15, -0.1) is 5.10 Å². The highest BCUT2D eigenvalue weighted by Crippen LogP contribution is 1.95. The zero-order valence-electron chi connectivity index (χ0n) is 9.89. The molecule has 0 aliphatic heterocycles. The summed E-state index contributed by atoms with van der Waals surface area (Å²) in [6.07, 6.45) is 1.84.